The number of thiophene rings is 1. The van der Waals surface area contributed by atoms with Crippen molar-refractivity contribution < 1.29 is 4.79 Å². The van der Waals surface area contributed by atoms with Gasteiger partial charge in [0, 0.05) is 0 Å². The third-order valence-electron chi connectivity index (χ3n) is 4.59. The summed E-state index contributed by atoms with van der Waals surface area (Å²) in [6.45, 7) is 1.22. The number of fused-ring (bicyclic) bond motifs is 1. The van der Waals surface area contributed by atoms with Crippen molar-refractivity contribution in [3.8, 4) is 6.07 Å². The number of nitrogens with one attached hydrogen (secondary N) is 1. The number of hydrogen-bond acceptors (Lipinski definition) is 6. The lowest BCUT2D eigenvalue weighted by Crippen LogP contribution is -2.39. The first-order valence-corrected chi connectivity index (χ1v) is 10.3. The van der Waals surface area contributed by atoms with Crippen LogP contribution in [0.4, 0.5) is 5.00 Å². The largest absolute Gasteiger partial charge is 0.315 e. The van der Waals surface area contributed by atoms with Gasteiger partial charge in [-0.3, -0.25) is 9.69 Å². The molecule has 5 nitrogen and oxygen atoms in total. The molecule has 0 spiro atoms. The minimum atomic E-state index is -0.0723. The molecule has 132 valence electrons. The summed E-state index contributed by atoms with van der Waals surface area (Å²) in [5, 5.41) is 15.5. The Bertz CT molecular complexity index is 938. The van der Waals surface area contributed by atoms with Crippen LogP contribution in [0.5, 0.6) is 0 Å². The standard InChI is InChI=1S/C19H18N4OS2/c20-11-13-8-10-25-18(13)22-17(24)12-23-9-4-3-6-15(23)19-21-14-5-1-2-7-16(14)26-19/h1-2,5,7-8,10,15H,3-4,6,9,12H2,(H,22,24)/t15-/m0/s1. The summed E-state index contributed by atoms with van der Waals surface area (Å²) in [4.78, 5) is 19.5. The van der Waals surface area contributed by atoms with E-state index in [1.165, 1.54) is 16.0 Å². The van der Waals surface area contributed by atoms with Crippen LogP contribution in [0.1, 0.15) is 35.9 Å². The SMILES string of the molecule is N#Cc1ccsc1NC(=O)CN1CCCC[C@H]1c1nc2ccccc2s1. The summed E-state index contributed by atoms with van der Waals surface area (Å²) in [6.07, 6.45) is 3.27. The number of anilines is 1. The molecule has 4 rings (SSSR count). The van der Waals surface area contributed by atoms with Gasteiger partial charge in [-0.1, -0.05) is 18.6 Å². The second-order valence-corrected chi connectivity index (χ2v) is 8.30. The summed E-state index contributed by atoms with van der Waals surface area (Å²) in [5.74, 6) is -0.0723. The number of para-hydroxylation sites is 1. The summed E-state index contributed by atoms with van der Waals surface area (Å²) < 4.78 is 1.19. The average molecular weight is 383 g/mol. The highest BCUT2D eigenvalue weighted by Gasteiger charge is 2.28. The van der Waals surface area contributed by atoms with Gasteiger partial charge in [0.05, 0.1) is 28.4 Å². The molecule has 1 atom stereocenters. The predicted octanol–water partition coefficient (Wildman–Crippen LogP) is 4.40. The molecule has 1 aliphatic rings. The molecule has 1 aliphatic heterocycles. The van der Waals surface area contributed by atoms with Gasteiger partial charge in [-0.15, -0.1) is 22.7 Å². The van der Waals surface area contributed by atoms with Crippen LogP contribution < -0.4 is 5.32 Å². The Labute approximate surface area is 159 Å². The Hall–Kier alpha value is -2.27. The molecule has 1 N–H and O–H groups in total. The quantitative estimate of drug-likeness (QED) is 0.726. The number of hydrogen-bond donors (Lipinski definition) is 1. The highest BCUT2D eigenvalue weighted by molar-refractivity contribution is 7.18. The molecule has 0 saturated carbocycles. The highest BCUT2D eigenvalue weighted by Crippen LogP contribution is 2.35. The van der Waals surface area contributed by atoms with Crippen LogP contribution in [0, 0.1) is 11.3 Å². The van der Waals surface area contributed by atoms with Crippen LogP contribution in [0.15, 0.2) is 35.7 Å². The zero-order valence-electron chi connectivity index (χ0n) is 14.1. The fraction of sp³-hybridized carbons (Fsp3) is 0.316. The van der Waals surface area contributed by atoms with Gasteiger partial charge in [0.1, 0.15) is 16.1 Å². The zero-order chi connectivity index (χ0) is 17.9. The summed E-state index contributed by atoms with van der Waals surface area (Å²) in [6, 6.07) is 12.2. The molecule has 0 unspecified atom stereocenters. The van der Waals surface area contributed by atoms with Crippen LogP contribution in [-0.2, 0) is 4.79 Å². The van der Waals surface area contributed by atoms with Crippen molar-refractivity contribution in [1.29, 1.82) is 5.26 Å². The third-order valence-corrected chi connectivity index (χ3v) is 6.56. The van der Waals surface area contributed by atoms with Gasteiger partial charge in [0.15, 0.2) is 0 Å². The summed E-state index contributed by atoms with van der Waals surface area (Å²) >= 11 is 3.10. The second-order valence-electron chi connectivity index (χ2n) is 6.33. The molecule has 1 amide bonds. The molecule has 26 heavy (non-hydrogen) atoms. The molecule has 0 radical (unpaired) electrons. The van der Waals surface area contributed by atoms with E-state index in [-0.39, 0.29) is 11.9 Å². The number of nitriles is 1. The van der Waals surface area contributed by atoms with E-state index in [4.69, 9.17) is 10.2 Å². The van der Waals surface area contributed by atoms with Crippen LogP contribution in [0.3, 0.4) is 0 Å². The van der Waals surface area contributed by atoms with Gasteiger partial charge in [-0.05, 0) is 43.0 Å². The van der Waals surface area contributed by atoms with E-state index >= 15 is 0 Å². The van der Waals surface area contributed by atoms with E-state index in [1.54, 1.807) is 17.4 Å². The van der Waals surface area contributed by atoms with Gasteiger partial charge in [-0.25, -0.2) is 4.98 Å². The first-order valence-electron chi connectivity index (χ1n) is 8.61. The fourth-order valence-electron chi connectivity index (χ4n) is 3.34. The van der Waals surface area contributed by atoms with E-state index in [2.05, 4.69) is 22.4 Å². The number of aromatic nitrogens is 1. The zero-order valence-corrected chi connectivity index (χ0v) is 15.8. The fourth-order valence-corrected chi connectivity index (χ4v) is 5.23. The molecular formula is C19H18N4OS2. The van der Waals surface area contributed by atoms with Crippen molar-refractivity contribution in [2.24, 2.45) is 0 Å². The number of rotatable bonds is 4. The van der Waals surface area contributed by atoms with Crippen molar-refractivity contribution in [2.75, 3.05) is 18.4 Å². The van der Waals surface area contributed by atoms with Gasteiger partial charge < -0.3 is 5.32 Å². The number of benzene rings is 1. The number of likely N-dealkylation sites (tertiary alicyclic amines) is 1. The van der Waals surface area contributed by atoms with Crippen molar-refractivity contribution >= 4 is 43.8 Å². The van der Waals surface area contributed by atoms with Crippen molar-refractivity contribution in [3.05, 3.63) is 46.3 Å². The monoisotopic (exact) mass is 382 g/mol. The van der Waals surface area contributed by atoms with Crippen molar-refractivity contribution in [3.63, 3.8) is 0 Å². The topological polar surface area (TPSA) is 69.0 Å². The van der Waals surface area contributed by atoms with Crippen LogP contribution >= 0.6 is 22.7 Å². The Morgan fingerprint density at radius 2 is 2.23 bits per heavy atom. The lowest BCUT2D eigenvalue weighted by molar-refractivity contribution is -0.118. The summed E-state index contributed by atoms with van der Waals surface area (Å²) in [7, 11) is 0. The van der Waals surface area contributed by atoms with Gasteiger partial charge >= 0.3 is 0 Å². The molecule has 1 saturated heterocycles. The molecule has 2 aromatic heterocycles. The number of carbonyl (C=O) groups excluding carboxylic acids is 1. The van der Waals surface area contributed by atoms with E-state index in [1.807, 2.05) is 23.6 Å². The molecular weight excluding hydrogens is 364 g/mol. The lowest BCUT2D eigenvalue weighted by atomic mass is 10.0. The Kier molecular flexibility index (Phi) is 4.98. The molecule has 0 bridgehead atoms. The van der Waals surface area contributed by atoms with Gasteiger partial charge in [-0.2, -0.15) is 5.26 Å². The molecule has 1 aromatic carbocycles. The van der Waals surface area contributed by atoms with Gasteiger partial charge in [0.2, 0.25) is 5.91 Å². The number of thiazole rings is 1. The van der Waals surface area contributed by atoms with Crippen molar-refractivity contribution in [1.82, 2.24) is 9.88 Å². The third kappa shape index (κ3) is 3.49. The molecule has 3 heterocycles. The van der Waals surface area contributed by atoms with Crippen molar-refractivity contribution in [2.45, 2.75) is 25.3 Å². The van der Waals surface area contributed by atoms with E-state index < -0.39 is 0 Å². The minimum absolute atomic E-state index is 0.0723. The first kappa shape index (κ1) is 17.2. The Morgan fingerprint density at radius 3 is 3.08 bits per heavy atom. The van der Waals surface area contributed by atoms with E-state index in [0.29, 0.717) is 17.1 Å². The maximum Gasteiger partial charge on any atom is 0.239 e. The molecule has 3 aromatic rings. The maximum atomic E-state index is 12.5. The smallest absolute Gasteiger partial charge is 0.239 e. The normalized spacial score (nSPS) is 17.9. The van der Waals surface area contributed by atoms with Crippen LogP contribution in [-0.4, -0.2) is 28.9 Å². The maximum absolute atomic E-state index is 12.5. The van der Waals surface area contributed by atoms with Crippen LogP contribution in [0.25, 0.3) is 10.2 Å². The Morgan fingerprint density at radius 1 is 1.35 bits per heavy atom. The summed E-state index contributed by atoms with van der Waals surface area (Å²) in [5.41, 5.74) is 1.55. The van der Waals surface area contributed by atoms with Gasteiger partial charge in [0.25, 0.3) is 0 Å². The first-order chi connectivity index (χ1) is 12.7. The number of nitrogens with zero attached hydrogens (tertiary/aromatic N) is 3. The minimum Gasteiger partial charge on any atom is -0.315 e. The predicted molar refractivity (Wildman–Crippen MR) is 105 cm³/mol. The Balaban J connectivity index is 1.50. The number of amides is 1. The lowest BCUT2D eigenvalue weighted by Gasteiger charge is -2.33. The average Bonchev–Trinajstić information content (AvgIpc) is 3.28. The van der Waals surface area contributed by atoms with E-state index in [9.17, 15) is 4.79 Å². The molecule has 7 heteroatoms. The molecule has 0 aliphatic carbocycles. The number of carbonyl (C=O) groups is 1. The van der Waals surface area contributed by atoms with Crippen LogP contribution in [0.2, 0.25) is 0 Å². The van der Waals surface area contributed by atoms with E-state index in [0.717, 1.165) is 36.3 Å². The highest BCUT2D eigenvalue weighted by atomic mass is 32.1. The second kappa shape index (κ2) is 7.54. The molecule has 1 fully saturated rings. The number of piperidine rings is 1.